The van der Waals surface area contributed by atoms with E-state index in [0.717, 1.165) is 39.3 Å². The molecule has 4 nitrogen and oxygen atoms in total. The van der Waals surface area contributed by atoms with E-state index in [9.17, 15) is 0 Å². The van der Waals surface area contributed by atoms with Crippen LogP contribution in [0.1, 0.15) is 19.5 Å². The molecule has 0 aromatic carbocycles. The Morgan fingerprint density at radius 1 is 1.38 bits per heavy atom. The molecular weight excluding hydrogens is 200 g/mol. The zero-order chi connectivity index (χ0) is 11.4. The molecule has 1 aliphatic heterocycles. The second-order valence-corrected chi connectivity index (χ2v) is 4.96. The molecule has 1 aromatic rings. The molecule has 1 N–H and O–H groups in total. The van der Waals surface area contributed by atoms with Gasteiger partial charge in [0.2, 0.25) is 0 Å². The first-order valence-electron chi connectivity index (χ1n) is 6.18. The summed E-state index contributed by atoms with van der Waals surface area (Å²) in [6.45, 7) is 11.1. The van der Waals surface area contributed by atoms with Gasteiger partial charge < -0.3 is 9.88 Å². The summed E-state index contributed by atoms with van der Waals surface area (Å²) >= 11 is 0. The molecule has 0 saturated carbocycles. The van der Waals surface area contributed by atoms with Gasteiger partial charge in [-0.05, 0) is 5.92 Å². The third-order valence-corrected chi connectivity index (χ3v) is 2.96. The first-order valence-corrected chi connectivity index (χ1v) is 6.18. The van der Waals surface area contributed by atoms with Crippen molar-refractivity contribution in [2.75, 3.05) is 26.2 Å². The fraction of sp³-hybridized carbons (Fsp3) is 0.750. The van der Waals surface area contributed by atoms with E-state index in [2.05, 4.69) is 33.6 Å². The van der Waals surface area contributed by atoms with Gasteiger partial charge in [0.15, 0.2) is 0 Å². The minimum absolute atomic E-state index is 0.677. The van der Waals surface area contributed by atoms with Crippen LogP contribution in [0, 0.1) is 5.92 Å². The van der Waals surface area contributed by atoms with Gasteiger partial charge in [0, 0.05) is 45.5 Å². The molecule has 2 heterocycles. The van der Waals surface area contributed by atoms with Crippen LogP contribution in [0.2, 0.25) is 0 Å². The Labute approximate surface area is 97.7 Å². The number of hydrogen-bond donors (Lipinski definition) is 1. The third kappa shape index (κ3) is 3.06. The van der Waals surface area contributed by atoms with Crippen molar-refractivity contribution in [2.24, 2.45) is 5.92 Å². The molecule has 0 amide bonds. The topological polar surface area (TPSA) is 33.1 Å². The van der Waals surface area contributed by atoms with Gasteiger partial charge in [0.05, 0.1) is 12.0 Å². The summed E-state index contributed by atoms with van der Waals surface area (Å²) in [7, 11) is 0. The SMILES string of the molecule is CC(C)Cn1cncc1CN1CCNCC1. The molecular formula is C12H22N4. The van der Waals surface area contributed by atoms with Crippen LogP contribution in [0.25, 0.3) is 0 Å². The second-order valence-electron chi connectivity index (χ2n) is 4.96. The van der Waals surface area contributed by atoms with Gasteiger partial charge >= 0.3 is 0 Å². The Morgan fingerprint density at radius 2 is 2.12 bits per heavy atom. The highest BCUT2D eigenvalue weighted by atomic mass is 15.2. The van der Waals surface area contributed by atoms with Crippen LogP contribution in [0.3, 0.4) is 0 Å². The zero-order valence-electron chi connectivity index (χ0n) is 10.3. The molecule has 0 aliphatic carbocycles. The number of nitrogens with zero attached hydrogens (tertiary/aromatic N) is 3. The predicted octanol–water partition coefficient (Wildman–Crippen LogP) is 0.944. The van der Waals surface area contributed by atoms with Crippen molar-refractivity contribution in [2.45, 2.75) is 26.9 Å². The lowest BCUT2D eigenvalue weighted by atomic mass is 10.2. The molecule has 4 heteroatoms. The molecule has 1 fully saturated rings. The van der Waals surface area contributed by atoms with E-state index in [1.54, 1.807) is 0 Å². The Balaban J connectivity index is 1.94. The maximum atomic E-state index is 4.26. The summed E-state index contributed by atoms with van der Waals surface area (Å²) in [6, 6.07) is 0. The lowest BCUT2D eigenvalue weighted by Gasteiger charge is -2.27. The minimum Gasteiger partial charge on any atom is -0.333 e. The fourth-order valence-corrected chi connectivity index (χ4v) is 2.14. The van der Waals surface area contributed by atoms with Crippen molar-refractivity contribution in [3.05, 3.63) is 18.2 Å². The van der Waals surface area contributed by atoms with Gasteiger partial charge in [-0.1, -0.05) is 13.8 Å². The molecule has 1 aromatic heterocycles. The average molecular weight is 222 g/mol. The van der Waals surface area contributed by atoms with Crippen LogP contribution < -0.4 is 5.32 Å². The molecule has 90 valence electrons. The van der Waals surface area contributed by atoms with Crippen LogP contribution in [0.4, 0.5) is 0 Å². The Bertz CT molecular complexity index is 313. The van der Waals surface area contributed by atoms with Crippen molar-refractivity contribution in [3.8, 4) is 0 Å². The number of imidazole rings is 1. The Kier molecular flexibility index (Phi) is 3.96. The van der Waals surface area contributed by atoms with E-state index in [1.165, 1.54) is 5.69 Å². The van der Waals surface area contributed by atoms with E-state index < -0.39 is 0 Å². The Hall–Kier alpha value is -0.870. The standard InChI is InChI=1S/C12H22N4/c1-11(2)8-16-10-14-7-12(16)9-15-5-3-13-4-6-15/h7,10-11,13H,3-6,8-9H2,1-2H3. The zero-order valence-corrected chi connectivity index (χ0v) is 10.3. The highest BCUT2D eigenvalue weighted by Crippen LogP contribution is 2.08. The minimum atomic E-state index is 0.677. The number of hydrogen-bond acceptors (Lipinski definition) is 3. The van der Waals surface area contributed by atoms with Crippen molar-refractivity contribution in [1.82, 2.24) is 19.8 Å². The van der Waals surface area contributed by atoms with Crippen molar-refractivity contribution < 1.29 is 0 Å². The lowest BCUT2D eigenvalue weighted by Crippen LogP contribution is -2.43. The Morgan fingerprint density at radius 3 is 2.81 bits per heavy atom. The van der Waals surface area contributed by atoms with E-state index in [4.69, 9.17) is 0 Å². The van der Waals surface area contributed by atoms with Crippen LogP contribution in [-0.4, -0.2) is 40.6 Å². The summed E-state index contributed by atoms with van der Waals surface area (Å²) < 4.78 is 2.28. The lowest BCUT2D eigenvalue weighted by molar-refractivity contribution is 0.227. The van der Waals surface area contributed by atoms with Crippen LogP contribution in [0.5, 0.6) is 0 Å². The summed E-state index contributed by atoms with van der Waals surface area (Å²) in [4.78, 5) is 6.75. The summed E-state index contributed by atoms with van der Waals surface area (Å²) in [6.07, 6.45) is 3.96. The second kappa shape index (κ2) is 5.46. The van der Waals surface area contributed by atoms with E-state index >= 15 is 0 Å². The van der Waals surface area contributed by atoms with E-state index in [0.29, 0.717) is 5.92 Å². The molecule has 2 rings (SSSR count). The number of nitrogens with one attached hydrogen (secondary N) is 1. The van der Waals surface area contributed by atoms with Crippen LogP contribution in [0.15, 0.2) is 12.5 Å². The van der Waals surface area contributed by atoms with E-state index in [-0.39, 0.29) is 0 Å². The average Bonchev–Trinajstić information content (AvgIpc) is 2.66. The summed E-state index contributed by atoms with van der Waals surface area (Å²) in [5.41, 5.74) is 1.34. The summed E-state index contributed by atoms with van der Waals surface area (Å²) in [5, 5.41) is 3.38. The molecule has 16 heavy (non-hydrogen) atoms. The third-order valence-electron chi connectivity index (χ3n) is 2.96. The maximum Gasteiger partial charge on any atom is 0.0948 e. The smallest absolute Gasteiger partial charge is 0.0948 e. The highest BCUT2D eigenvalue weighted by Gasteiger charge is 2.12. The molecule has 0 spiro atoms. The van der Waals surface area contributed by atoms with Gasteiger partial charge in [-0.15, -0.1) is 0 Å². The van der Waals surface area contributed by atoms with Crippen molar-refractivity contribution in [1.29, 1.82) is 0 Å². The largest absolute Gasteiger partial charge is 0.333 e. The molecule has 0 bridgehead atoms. The maximum absolute atomic E-state index is 4.26. The van der Waals surface area contributed by atoms with Gasteiger partial charge in [-0.25, -0.2) is 4.98 Å². The normalized spacial score (nSPS) is 18.2. The van der Waals surface area contributed by atoms with E-state index in [1.807, 2.05) is 12.5 Å². The van der Waals surface area contributed by atoms with Crippen LogP contribution >= 0.6 is 0 Å². The van der Waals surface area contributed by atoms with Crippen molar-refractivity contribution in [3.63, 3.8) is 0 Å². The molecule has 1 saturated heterocycles. The molecule has 0 atom stereocenters. The fourth-order valence-electron chi connectivity index (χ4n) is 2.14. The van der Waals surface area contributed by atoms with Gasteiger partial charge in [0.1, 0.15) is 0 Å². The molecule has 0 radical (unpaired) electrons. The van der Waals surface area contributed by atoms with Crippen LogP contribution in [-0.2, 0) is 13.1 Å². The van der Waals surface area contributed by atoms with Crippen molar-refractivity contribution >= 4 is 0 Å². The highest BCUT2D eigenvalue weighted by molar-refractivity contribution is 4.99. The first kappa shape index (κ1) is 11.6. The molecule has 0 unspecified atom stereocenters. The number of rotatable bonds is 4. The predicted molar refractivity (Wildman–Crippen MR) is 65.2 cm³/mol. The number of piperazine rings is 1. The van der Waals surface area contributed by atoms with Gasteiger partial charge in [0.25, 0.3) is 0 Å². The van der Waals surface area contributed by atoms with Gasteiger partial charge in [-0.3, -0.25) is 4.90 Å². The quantitative estimate of drug-likeness (QED) is 0.823. The summed E-state index contributed by atoms with van der Waals surface area (Å²) in [5.74, 6) is 0.677. The first-order chi connectivity index (χ1) is 7.75. The van der Waals surface area contributed by atoms with Gasteiger partial charge in [-0.2, -0.15) is 0 Å². The monoisotopic (exact) mass is 222 g/mol. The number of aromatic nitrogens is 2. The molecule has 1 aliphatic rings.